The van der Waals surface area contributed by atoms with Gasteiger partial charge in [-0.05, 0) is 62.1 Å². The molecule has 0 fully saturated rings. The first-order valence-corrected chi connectivity index (χ1v) is 11.4. The Bertz CT molecular complexity index is 455. The van der Waals surface area contributed by atoms with E-state index in [0.29, 0.717) is 5.92 Å². The Kier molecular flexibility index (Phi) is 12.7. The lowest BCUT2D eigenvalue weighted by atomic mass is 9.76. The Morgan fingerprint density at radius 3 is 1.93 bits per heavy atom. The van der Waals surface area contributed by atoms with Crippen LogP contribution in [0.3, 0.4) is 0 Å². The van der Waals surface area contributed by atoms with Crippen LogP contribution in [0, 0.1) is 11.7 Å². The van der Waals surface area contributed by atoms with Crippen molar-refractivity contribution >= 4 is 0 Å². The molecule has 0 aliphatic heterocycles. The van der Waals surface area contributed by atoms with Gasteiger partial charge in [0, 0.05) is 7.11 Å². The number of aryl methyl sites for hydroxylation is 1. The summed E-state index contributed by atoms with van der Waals surface area (Å²) in [7, 11) is 1.90. The molecule has 1 atom stereocenters. The third kappa shape index (κ3) is 8.77. The van der Waals surface area contributed by atoms with Crippen LogP contribution < -0.4 is 0 Å². The molecule has 1 rings (SSSR count). The van der Waals surface area contributed by atoms with Gasteiger partial charge >= 0.3 is 0 Å². The lowest BCUT2D eigenvalue weighted by molar-refractivity contribution is -0.0711. The molecule has 1 nitrogen and oxygen atoms in total. The zero-order valence-electron chi connectivity index (χ0n) is 18.4. The summed E-state index contributed by atoms with van der Waals surface area (Å²) in [5, 5.41) is 0. The van der Waals surface area contributed by atoms with Gasteiger partial charge in [0.15, 0.2) is 0 Å². The smallest absolute Gasteiger partial charge is 0.123 e. The monoisotopic (exact) mass is 378 g/mol. The van der Waals surface area contributed by atoms with Crippen LogP contribution in [-0.2, 0) is 11.2 Å². The molecule has 0 aromatic heterocycles. The highest BCUT2D eigenvalue weighted by atomic mass is 19.1. The van der Waals surface area contributed by atoms with Gasteiger partial charge in [-0.1, -0.05) is 77.8 Å². The lowest BCUT2D eigenvalue weighted by Gasteiger charge is -2.39. The maximum absolute atomic E-state index is 13.0. The molecule has 0 bridgehead atoms. The van der Waals surface area contributed by atoms with Gasteiger partial charge in [0.05, 0.1) is 5.60 Å². The van der Waals surface area contributed by atoms with Crippen molar-refractivity contribution in [2.45, 2.75) is 110 Å². The second kappa shape index (κ2) is 14.2. The highest BCUT2D eigenvalue weighted by molar-refractivity contribution is 5.15. The molecule has 0 amide bonds. The molecule has 1 aromatic carbocycles. The minimum absolute atomic E-state index is 0.0410. The maximum atomic E-state index is 13.0. The van der Waals surface area contributed by atoms with Gasteiger partial charge in [0.1, 0.15) is 5.82 Å². The van der Waals surface area contributed by atoms with Crippen LogP contribution in [0.15, 0.2) is 24.3 Å². The van der Waals surface area contributed by atoms with Crippen LogP contribution in [0.4, 0.5) is 4.39 Å². The van der Waals surface area contributed by atoms with Crippen molar-refractivity contribution in [1.82, 2.24) is 0 Å². The quantitative estimate of drug-likeness (QED) is 0.264. The van der Waals surface area contributed by atoms with Gasteiger partial charge < -0.3 is 4.74 Å². The summed E-state index contributed by atoms with van der Waals surface area (Å²) in [5.74, 6) is 0.505. The maximum Gasteiger partial charge on any atom is 0.123 e. The topological polar surface area (TPSA) is 9.23 Å². The minimum Gasteiger partial charge on any atom is -0.378 e. The standard InChI is InChI=1S/C25H43FO/c1-5-8-9-10-11-12-16-23(25(6-2,7-3)27-4)17-14-13-15-22-18-20-24(26)21-19-22/h18-21,23H,5-17H2,1-4H3. The van der Waals surface area contributed by atoms with E-state index >= 15 is 0 Å². The predicted molar refractivity (Wildman–Crippen MR) is 116 cm³/mol. The zero-order valence-corrected chi connectivity index (χ0v) is 18.4. The molecular weight excluding hydrogens is 335 g/mol. The highest BCUT2D eigenvalue weighted by Crippen LogP contribution is 2.36. The Hall–Kier alpha value is -0.890. The average molecular weight is 379 g/mol. The zero-order chi connectivity index (χ0) is 20.0. The van der Waals surface area contributed by atoms with E-state index in [4.69, 9.17) is 4.74 Å². The van der Waals surface area contributed by atoms with Crippen molar-refractivity contribution in [3.8, 4) is 0 Å². The summed E-state index contributed by atoms with van der Waals surface area (Å²) in [5.41, 5.74) is 1.28. The molecule has 0 heterocycles. The summed E-state index contributed by atoms with van der Waals surface area (Å²) < 4.78 is 19.1. The molecule has 1 unspecified atom stereocenters. The molecule has 0 saturated heterocycles. The summed E-state index contributed by atoms with van der Waals surface area (Å²) >= 11 is 0. The van der Waals surface area contributed by atoms with Crippen LogP contribution in [0.5, 0.6) is 0 Å². The van der Waals surface area contributed by atoms with E-state index in [0.717, 1.165) is 19.3 Å². The van der Waals surface area contributed by atoms with Crippen LogP contribution in [0.1, 0.15) is 103 Å². The molecular formula is C25H43FO. The van der Waals surface area contributed by atoms with Crippen molar-refractivity contribution in [2.75, 3.05) is 7.11 Å². The predicted octanol–water partition coefficient (Wildman–Crippen LogP) is 8.11. The van der Waals surface area contributed by atoms with Gasteiger partial charge in [0.2, 0.25) is 0 Å². The van der Waals surface area contributed by atoms with Crippen molar-refractivity contribution in [3.63, 3.8) is 0 Å². The molecule has 0 aliphatic carbocycles. The average Bonchev–Trinajstić information content (AvgIpc) is 2.70. The fourth-order valence-electron chi connectivity index (χ4n) is 4.50. The first-order chi connectivity index (χ1) is 13.1. The largest absolute Gasteiger partial charge is 0.378 e. The van der Waals surface area contributed by atoms with Crippen LogP contribution in [0.2, 0.25) is 0 Å². The van der Waals surface area contributed by atoms with E-state index in [1.807, 2.05) is 19.2 Å². The summed E-state index contributed by atoms with van der Waals surface area (Å²) in [4.78, 5) is 0. The van der Waals surface area contributed by atoms with Crippen LogP contribution in [-0.4, -0.2) is 12.7 Å². The Morgan fingerprint density at radius 1 is 0.815 bits per heavy atom. The number of ether oxygens (including phenoxy) is 1. The van der Waals surface area contributed by atoms with Gasteiger partial charge in [-0.2, -0.15) is 0 Å². The normalized spacial score (nSPS) is 13.1. The molecule has 0 spiro atoms. The first kappa shape index (κ1) is 24.1. The number of hydrogen-bond donors (Lipinski definition) is 0. The molecule has 156 valence electrons. The fraction of sp³-hybridized carbons (Fsp3) is 0.760. The molecule has 0 aliphatic rings. The van der Waals surface area contributed by atoms with Crippen LogP contribution >= 0.6 is 0 Å². The number of unbranched alkanes of at least 4 members (excludes halogenated alkanes) is 6. The van der Waals surface area contributed by atoms with E-state index in [1.165, 1.54) is 69.8 Å². The van der Waals surface area contributed by atoms with Crippen molar-refractivity contribution in [3.05, 3.63) is 35.6 Å². The van der Waals surface area contributed by atoms with E-state index in [1.54, 1.807) is 12.1 Å². The lowest BCUT2D eigenvalue weighted by Crippen LogP contribution is -2.39. The van der Waals surface area contributed by atoms with E-state index in [9.17, 15) is 4.39 Å². The number of methoxy groups -OCH3 is 1. The van der Waals surface area contributed by atoms with E-state index in [-0.39, 0.29) is 11.4 Å². The summed E-state index contributed by atoms with van der Waals surface area (Å²) in [6.07, 6.45) is 16.3. The van der Waals surface area contributed by atoms with Crippen molar-refractivity contribution in [2.24, 2.45) is 5.92 Å². The Balaban J connectivity index is 2.48. The van der Waals surface area contributed by atoms with Crippen molar-refractivity contribution < 1.29 is 9.13 Å². The third-order valence-electron chi connectivity index (χ3n) is 6.43. The third-order valence-corrected chi connectivity index (χ3v) is 6.43. The van der Waals surface area contributed by atoms with E-state index < -0.39 is 0 Å². The molecule has 2 heteroatoms. The van der Waals surface area contributed by atoms with Gasteiger partial charge in [-0.3, -0.25) is 0 Å². The summed E-state index contributed by atoms with van der Waals surface area (Å²) in [6.45, 7) is 6.83. The Morgan fingerprint density at radius 2 is 1.37 bits per heavy atom. The number of rotatable bonds is 16. The van der Waals surface area contributed by atoms with Gasteiger partial charge in [-0.25, -0.2) is 4.39 Å². The minimum atomic E-state index is -0.145. The molecule has 27 heavy (non-hydrogen) atoms. The second-order valence-electron chi connectivity index (χ2n) is 8.10. The van der Waals surface area contributed by atoms with Crippen LogP contribution in [0.25, 0.3) is 0 Å². The Labute approximate surface area is 168 Å². The van der Waals surface area contributed by atoms with E-state index in [2.05, 4.69) is 20.8 Å². The number of halogens is 1. The molecule has 0 saturated carbocycles. The second-order valence-corrected chi connectivity index (χ2v) is 8.10. The summed E-state index contributed by atoms with van der Waals surface area (Å²) in [6, 6.07) is 6.98. The van der Waals surface area contributed by atoms with Gasteiger partial charge in [0.25, 0.3) is 0 Å². The molecule has 1 aromatic rings. The fourth-order valence-corrected chi connectivity index (χ4v) is 4.50. The first-order valence-electron chi connectivity index (χ1n) is 11.4. The molecule has 0 N–H and O–H groups in total. The number of hydrogen-bond acceptors (Lipinski definition) is 1. The van der Waals surface area contributed by atoms with Gasteiger partial charge in [-0.15, -0.1) is 0 Å². The SMILES string of the molecule is CCCCCCCCC(CCCCc1ccc(F)cc1)C(CC)(CC)OC. The number of benzene rings is 1. The molecule has 0 radical (unpaired) electrons. The van der Waals surface area contributed by atoms with Crippen molar-refractivity contribution in [1.29, 1.82) is 0 Å². The highest BCUT2D eigenvalue weighted by Gasteiger charge is 2.34.